The fourth-order valence-corrected chi connectivity index (χ4v) is 4.77. The molecule has 0 aromatic heterocycles. The molecule has 31 heavy (non-hydrogen) atoms. The number of benzene rings is 1. The largest absolute Gasteiger partial charge is 0.396 e. The third kappa shape index (κ3) is 7.83. The second-order valence-corrected chi connectivity index (χ2v) is 9.84. The van der Waals surface area contributed by atoms with Crippen LogP contribution in [0.25, 0.3) is 0 Å². The number of hydrogen-bond donors (Lipinski definition) is 2. The normalized spacial score (nSPS) is 27.4. The van der Waals surface area contributed by atoms with Gasteiger partial charge in [-0.05, 0) is 44.1 Å². The Balaban J connectivity index is 1.94. The van der Waals surface area contributed by atoms with Gasteiger partial charge in [0.05, 0.1) is 24.9 Å². The van der Waals surface area contributed by atoms with Crippen molar-refractivity contribution in [2.75, 3.05) is 13.2 Å². The summed E-state index contributed by atoms with van der Waals surface area (Å²) in [6.07, 6.45) is 1.94. The Bertz CT molecular complexity index is 615. The van der Waals surface area contributed by atoms with Gasteiger partial charge in [-0.15, -0.1) is 0 Å². The first-order valence-corrected chi connectivity index (χ1v) is 11.9. The topological polar surface area (TPSA) is 68.2 Å². The van der Waals surface area contributed by atoms with E-state index in [2.05, 4.69) is 39.8 Å². The Morgan fingerprint density at radius 2 is 1.81 bits per heavy atom. The summed E-state index contributed by atoms with van der Waals surface area (Å²) in [4.78, 5) is 0. The van der Waals surface area contributed by atoms with Crippen molar-refractivity contribution in [3.05, 3.63) is 35.9 Å². The van der Waals surface area contributed by atoms with Crippen molar-refractivity contribution in [2.24, 2.45) is 23.7 Å². The van der Waals surface area contributed by atoms with Gasteiger partial charge in [0, 0.05) is 25.0 Å². The fourth-order valence-electron chi connectivity index (χ4n) is 4.77. The van der Waals surface area contributed by atoms with Gasteiger partial charge in [-0.2, -0.15) is 0 Å². The Morgan fingerprint density at radius 3 is 2.42 bits per heavy atom. The van der Waals surface area contributed by atoms with Gasteiger partial charge in [-0.25, -0.2) is 0 Å². The first-order valence-electron chi connectivity index (χ1n) is 11.9. The highest BCUT2D eigenvalue weighted by Crippen LogP contribution is 2.38. The van der Waals surface area contributed by atoms with Gasteiger partial charge in [-0.3, -0.25) is 0 Å². The molecule has 0 spiro atoms. The van der Waals surface area contributed by atoms with Crippen molar-refractivity contribution in [3.63, 3.8) is 0 Å². The maximum atomic E-state index is 11.1. The zero-order chi connectivity index (χ0) is 23.0. The van der Waals surface area contributed by atoms with Gasteiger partial charge in [0.2, 0.25) is 0 Å². The third-order valence-corrected chi connectivity index (χ3v) is 6.80. The molecule has 1 aliphatic rings. The number of ether oxygens (including phenoxy) is 3. The van der Waals surface area contributed by atoms with Crippen molar-refractivity contribution in [3.8, 4) is 0 Å². The van der Waals surface area contributed by atoms with Gasteiger partial charge in [-0.1, -0.05) is 64.4 Å². The molecule has 5 heteroatoms. The van der Waals surface area contributed by atoms with E-state index < -0.39 is 11.9 Å². The van der Waals surface area contributed by atoms with Crippen LogP contribution in [0.1, 0.15) is 66.4 Å². The van der Waals surface area contributed by atoms with E-state index in [1.54, 1.807) is 0 Å². The molecule has 0 bridgehead atoms. The van der Waals surface area contributed by atoms with Crippen molar-refractivity contribution in [1.82, 2.24) is 0 Å². The first kappa shape index (κ1) is 26.3. The van der Waals surface area contributed by atoms with Crippen molar-refractivity contribution < 1.29 is 24.4 Å². The molecule has 0 aliphatic carbocycles. The molecule has 0 saturated carbocycles. The highest BCUT2D eigenvalue weighted by Gasteiger charge is 2.45. The van der Waals surface area contributed by atoms with E-state index in [4.69, 9.17) is 14.2 Å². The Kier molecular flexibility index (Phi) is 10.4. The average Bonchev–Trinajstić information content (AvgIpc) is 2.76. The van der Waals surface area contributed by atoms with Crippen LogP contribution in [-0.4, -0.2) is 47.5 Å². The SMILES string of the molecule is CC[C@H](CO)C[C@H](C)[C@H](O)[C@@H](C)[C@H]1OC(C)(C)O[C@@H](CCOCc2ccccc2)[C@@H]1C. The minimum absolute atomic E-state index is 0.00955. The van der Waals surface area contributed by atoms with Crippen molar-refractivity contribution >= 4 is 0 Å². The molecular formula is C26H44O5. The average molecular weight is 437 g/mol. The Morgan fingerprint density at radius 1 is 1.13 bits per heavy atom. The molecule has 1 aromatic carbocycles. The van der Waals surface area contributed by atoms with Gasteiger partial charge in [0.25, 0.3) is 0 Å². The summed E-state index contributed by atoms with van der Waals surface area (Å²) in [6.45, 7) is 13.7. The minimum Gasteiger partial charge on any atom is -0.396 e. The van der Waals surface area contributed by atoms with E-state index in [0.29, 0.717) is 13.2 Å². The van der Waals surface area contributed by atoms with E-state index >= 15 is 0 Å². The van der Waals surface area contributed by atoms with Crippen LogP contribution in [0.15, 0.2) is 30.3 Å². The summed E-state index contributed by atoms with van der Waals surface area (Å²) in [7, 11) is 0. The molecule has 0 radical (unpaired) electrons. The lowest BCUT2D eigenvalue weighted by Gasteiger charge is -2.48. The minimum atomic E-state index is -0.699. The molecule has 7 atom stereocenters. The summed E-state index contributed by atoms with van der Waals surface area (Å²) in [5.74, 6) is -0.255. The molecule has 2 rings (SSSR count). The maximum Gasteiger partial charge on any atom is 0.163 e. The van der Waals surface area contributed by atoms with Crippen LogP contribution in [0.4, 0.5) is 0 Å². The molecule has 1 saturated heterocycles. The lowest BCUT2D eigenvalue weighted by Crippen LogP contribution is -2.54. The maximum absolute atomic E-state index is 11.1. The van der Waals surface area contributed by atoms with E-state index in [1.807, 2.05) is 32.0 Å². The lowest BCUT2D eigenvalue weighted by molar-refractivity contribution is -0.332. The van der Waals surface area contributed by atoms with Gasteiger partial charge >= 0.3 is 0 Å². The van der Waals surface area contributed by atoms with Crippen molar-refractivity contribution in [1.29, 1.82) is 0 Å². The zero-order valence-corrected chi connectivity index (χ0v) is 20.3. The summed E-state index contributed by atoms with van der Waals surface area (Å²) < 4.78 is 18.4. The highest BCUT2D eigenvalue weighted by atomic mass is 16.7. The second kappa shape index (κ2) is 12.3. The summed E-state index contributed by atoms with van der Waals surface area (Å²) in [5, 5.41) is 20.6. The molecule has 2 N–H and O–H groups in total. The number of aliphatic hydroxyl groups is 2. The van der Waals surface area contributed by atoms with Gasteiger partial charge in [0.1, 0.15) is 0 Å². The molecular weight excluding hydrogens is 392 g/mol. The summed E-state index contributed by atoms with van der Waals surface area (Å²) in [6, 6.07) is 10.2. The third-order valence-electron chi connectivity index (χ3n) is 6.80. The quantitative estimate of drug-likeness (QED) is 0.461. The fraction of sp³-hybridized carbons (Fsp3) is 0.769. The van der Waals surface area contributed by atoms with E-state index in [0.717, 1.165) is 19.3 Å². The van der Waals surface area contributed by atoms with Gasteiger partial charge < -0.3 is 24.4 Å². The molecule has 0 amide bonds. The first-order chi connectivity index (χ1) is 14.7. The van der Waals surface area contributed by atoms with E-state index in [1.165, 1.54) is 5.56 Å². The number of aliphatic hydroxyl groups excluding tert-OH is 2. The summed E-state index contributed by atoms with van der Waals surface area (Å²) in [5.41, 5.74) is 1.17. The molecule has 1 aliphatic heterocycles. The van der Waals surface area contributed by atoms with Crippen LogP contribution in [0.5, 0.6) is 0 Å². The van der Waals surface area contributed by atoms with E-state index in [-0.39, 0.29) is 42.5 Å². The Hall–Kier alpha value is -0.980. The van der Waals surface area contributed by atoms with E-state index in [9.17, 15) is 10.2 Å². The van der Waals surface area contributed by atoms with Crippen LogP contribution >= 0.6 is 0 Å². The molecule has 1 heterocycles. The predicted molar refractivity (Wildman–Crippen MR) is 124 cm³/mol. The molecule has 178 valence electrons. The molecule has 1 aromatic rings. The smallest absolute Gasteiger partial charge is 0.163 e. The molecule has 0 unspecified atom stereocenters. The standard InChI is InChI=1S/C26H44O5/c1-7-21(16-27)15-18(2)24(28)20(4)25-19(3)23(30-26(5,6)31-25)13-14-29-17-22-11-9-8-10-12-22/h8-12,18-21,23-25,27-28H,7,13-17H2,1-6H3/t18-,19-,20+,21-,23-,24-,25-/m0/s1. The second-order valence-electron chi connectivity index (χ2n) is 9.84. The van der Waals surface area contributed by atoms with Crippen LogP contribution in [0.2, 0.25) is 0 Å². The summed E-state index contributed by atoms with van der Waals surface area (Å²) >= 11 is 0. The predicted octanol–water partition coefficient (Wildman–Crippen LogP) is 4.79. The molecule has 5 nitrogen and oxygen atoms in total. The van der Waals surface area contributed by atoms with Gasteiger partial charge in [0.15, 0.2) is 5.79 Å². The van der Waals surface area contributed by atoms with Crippen LogP contribution in [0, 0.1) is 23.7 Å². The number of rotatable bonds is 12. The van der Waals surface area contributed by atoms with Crippen molar-refractivity contribution in [2.45, 2.75) is 91.5 Å². The lowest BCUT2D eigenvalue weighted by atomic mass is 9.78. The van der Waals surface area contributed by atoms with Crippen LogP contribution in [-0.2, 0) is 20.8 Å². The number of hydrogen-bond acceptors (Lipinski definition) is 5. The van der Waals surface area contributed by atoms with Crippen LogP contribution in [0.3, 0.4) is 0 Å². The molecule has 1 fully saturated rings. The highest BCUT2D eigenvalue weighted by molar-refractivity contribution is 5.13. The Labute approximate surface area is 189 Å². The monoisotopic (exact) mass is 436 g/mol. The van der Waals surface area contributed by atoms with Crippen LogP contribution < -0.4 is 0 Å². The zero-order valence-electron chi connectivity index (χ0n) is 20.3.